The molecule has 0 saturated carbocycles. The number of nitrogens with one attached hydrogen (secondary N) is 1. The van der Waals surface area contributed by atoms with E-state index < -0.39 is 0 Å². The fourth-order valence-corrected chi connectivity index (χ4v) is 5.06. The molecule has 34 heavy (non-hydrogen) atoms. The summed E-state index contributed by atoms with van der Waals surface area (Å²) in [6.45, 7) is 26.9. The van der Waals surface area contributed by atoms with E-state index in [1.165, 1.54) is 33.6 Å². The maximum atomic E-state index is 9.74. The highest BCUT2D eigenvalue weighted by molar-refractivity contribution is 6.04. The van der Waals surface area contributed by atoms with E-state index in [0.717, 1.165) is 0 Å². The highest BCUT2D eigenvalue weighted by Gasteiger charge is 2.32. The van der Waals surface area contributed by atoms with Crippen molar-refractivity contribution in [3.63, 3.8) is 0 Å². The highest BCUT2D eigenvalue weighted by Crippen LogP contribution is 2.45. The molecule has 0 heterocycles. The third-order valence-electron chi connectivity index (χ3n) is 6.70. The summed E-state index contributed by atoms with van der Waals surface area (Å²) in [5.74, 6) is 1.97. The van der Waals surface area contributed by atoms with E-state index in [9.17, 15) is 5.41 Å². The number of anilines is 2. The maximum absolute atomic E-state index is 9.74. The minimum absolute atomic E-state index is 0.220. The monoisotopic (exact) mass is 463 g/mol. The van der Waals surface area contributed by atoms with Gasteiger partial charge in [0.05, 0.1) is 11.4 Å². The van der Waals surface area contributed by atoms with Crippen molar-refractivity contribution < 1.29 is 0 Å². The zero-order valence-electron chi connectivity index (χ0n) is 23.8. The Morgan fingerprint density at radius 3 is 1.00 bits per heavy atom. The Bertz CT molecular complexity index is 843. The van der Waals surface area contributed by atoms with Crippen molar-refractivity contribution in [1.29, 1.82) is 5.41 Å². The largest absolute Gasteiger partial charge is 0.338 e. The van der Waals surface area contributed by atoms with Crippen LogP contribution in [0.5, 0.6) is 0 Å². The molecule has 0 aliphatic heterocycles. The van der Waals surface area contributed by atoms with Gasteiger partial charge in [0.2, 0.25) is 5.96 Å². The minimum atomic E-state index is 0.220. The third-order valence-corrected chi connectivity index (χ3v) is 6.70. The number of nitrogens with zero attached hydrogens (tertiary/aromatic N) is 2. The van der Waals surface area contributed by atoms with Crippen LogP contribution in [0.1, 0.15) is 129 Å². The van der Waals surface area contributed by atoms with Gasteiger partial charge in [-0.15, -0.1) is 0 Å². The van der Waals surface area contributed by atoms with Crippen LogP contribution < -0.4 is 4.90 Å². The van der Waals surface area contributed by atoms with E-state index in [0.29, 0.717) is 29.6 Å². The molecule has 188 valence electrons. The van der Waals surface area contributed by atoms with Gasteiger partial charge in [0.15, 0.2) is 0 Å². The first-order valence-corrected chi connectivity index (χ1v) is 13.2. The van der Waals surface area contributed by atoms with Crippen LogP contribution >= 0.6 is 0 Å². The summed E-state index contributed by atoms with van der Waals surface area (Å²) < 4.78 is 0. The molecular weight excluding hydrogens is 414 g/mol. The van der Waals surface area contributed by atoms with Gasteiger partial charge in [0.25, 0.3) is 0 Å². The Morgan fingerprint density at radius 2 is 0.794 bits per heavy atom. The lowest BCUT2D eigenvalue weighted by Gasteiger charge is -2.42. The highest BCUT2D eigenvalue weighted by atomic mass is 15.4. The second-order valence-corrected chi connectivity index (χ2v) is 11.4. The molecule has 3 nitrogen and oxygen atoms in total. The molecule has 0 bridgehead atoms. The summed E-state index contributed by atoms with van der Waals surface area (Å²) in [6, 6.07) is 13.9. The molecule has 3 heteroatoms. The van der Waals surface area contributed by atoms with Crippen LogP contribution in [0.25, 0.3) is 0 Å². The van der Waals surface area contributed by atoms with Crippen LogP contribution in [0, 0.1) is 5.41 Å². The fraction of sp³-hybridized carbons (Fsp3) is 0.581. The van der Waals surface area contributed by atoms with Gasteiger partial charge in [-0.2, -0.15) is 0 Å². The van der Waals surface area contributed by atoms with Gasteiger partial charge in [-0.25, -0.2) is 0 Å². The van der Waals surface area contributed by atoms with Crippen LogP contribution in [0.4, 0.5) is 11.4 Å². The minimum Gasteiger partial charge on any atom is -0.338 e. The van der Waals surface area contributed by atoms with Crippen molar-refractivity contribution in [2.75, 3.05) is 4.90 Å². The lowest BCUT2D eigenvalue weighted by Crippen LogP contribution is -2.49. The zero-order valence-corrected chi connectivity index (χ0v) is 23.8. The number of benzene rings is 2. The molecule has 0 amide bonds. The average Bonchev–Trinajstić information content (AvgIpc) is 2.72. The molecule has 0 radical (unpaired) electrons. The Morgan fingerprint density at radius 1 is 0.529 bits per heavy atom. The first-order chi connectivity index (χ1) is 15.8. The quantitative estimate of drug-likeness (QED) is 0.312. The average molecular weight is 464 g/mol. The van der Waals surface area contributed by atoms with Gasteiger partial charge in [-0.3, -0.25) is 10.3 Å². The second kappa shape index (κ2) is 11.4. The van der Waals surface area contributed by atoms with Gasteiger partial charge < -0.3 is 4.90 Å². The molecular formula is C31H49N3. The van der Waals surface area contributed by atoms with E-state index in [1.54, 1.807) is 0 Å². The molecule has 0 fully saturated rings. The predicted octanol–water partition coefficient (Wildman–Crippen LogP) is 9.37. The standard InChI is InChI=1S/C31H49N3/c1-19(2)25-15-13-16-26(20(3)4)29(25)34(31(32)33(23(9)10)24(11)12)30-27(21(5)6)17-14-18-28(30)22(7)8/h13-24,32H,1-12H3. The lowest BCUT2D eigenvalue weighted by molar-refractivity contribution is 0.286. The Kier molecular flexibility index (Phi) is 9.39. The summed E-state index contributed by atoms with van der Waals surface area (Å²) in [5.41, 5.74) is 7.60. The van der Waals surface area contributed by atoms with E-state index in [2.05, 4.69) is 129 Å². The molecule has 0 aliphatic carbocycles. The normalized spacial score (nSPS) is 12.1. The number of para-hydroxylation sites is 2. The number of hydrogen-bond acceptors (Lipinski definition) is 1. The predicted molar refractivity (Wildman–Crippen MR) is 151 cm³/mol. The SMILES string of the molecule is CC(C)c1cccc(C(C)C)c1N(C(=N)N(C(C)C)C(C)C)c1c(C(C)C)cccc1C(C)C. The van der Waals surface area contributed by atoms with E-state index in [4.69, 9.17) is 0 Å². The topological polar surface area (TPSA) is 30.3 Å². The molecule has 0 spiro atoms. The van der Waals surface area contributed by atoms with Crippen LogP contribution in [0.3, 0.4) is 0 Å². The molecule has 2 aromatic rings. The van der Waals surface area contributed by atoms with Crippen LogP contribution in [-0.4, -0.2) is 22.9 Å². The van der Waals surface area contributed by atoms with Crippen molar-refractivity contribution in [3.8, 4) is 0 Å². The van der Waals surface area contributed by atoms with Crippen LogP contribution in [-0.2, 0) is 0 Å². The Hall–Kier alpha value is -2.29. The van der Waals surface area contributed by atoms with Gasteiger partial charge in [0.1, 0.15) is 0 Å². The molecule has 1 N–H and O–H groups in total. The van der Waals surface area contributed by atoms with Gasteiger partial charge >= 0.3 is 0 Å². The zero-order chi connectivity index (χ0) is 25.9. The van der Waals surface area contributed by atoms with Crippen molar-refractivity contribution in [3.05, 3.63) is 58.7 Å². The molecule has 2 rings (SSSR count). The van der Waals surface area contributed by atoms with Gasteiger partial charge in [0, 0.05) is 12.1 Å². The summed E-state index contributed by atoms with van der Waals surface area (Å²) in [5, 5.41) is 9.74. The van der Waals surface area contributed by atoms with Crippen LogP contribution in [0.15, 0.2) is 36.4 Å². The first-order valence-electron chi connectivity index (χ1n) is 13.2. The van der Waals surface area contributed by atoms with Gasteiger partial charge in [-0.1, -0.05) is 91.8 Å². The van der Waals surface area contributed by atoms with E-state index >= 15 is 0 Å². The van der Waals surface area contributed by atoms with Crippen molar-refractivity contribution in [2.24, 2.45) is 0 Å². The molecule has 2 aromatic carbocycles. The summed E-state index contributed by atoms with van der Waals surface area (Å²) in [7, 11) is 0. The van der Waals surface area contributed by atoms with Crippen molar-refractivity contribution in [1.82, 2.24) is 4.90 Å². The number of hydrogen-bond donors (Lipinski definition) is 1. The second-order valence-electron chi connectivity index (χ2n) is 11.4. The molecule has 0 saturated heterocycles. The molecule has 0 unspecified atom stereocenters. The third kappa shape index (κ3) is 5.67. The summed E-state index contributed by atoms with van der Waals surface area (Å²) in [6.07, 6.45) is 0. The fourth-order valence-electron chi connectivity index (χ4n) is 5.06. The van der Waals surface area contributed by atoms with Crippen molar-refractivity contribution >= 4 is 17.3 Å². The Labute approximate surface area is 210 Å². The van der Waals surface area contributed by atoms with Crippen molar-refractivity contribution in [2.45, 2.75) is 119 Å². The number of rotatable bonds is 8. The van der Waals surface area contributed by atoms with Gasteiger partial charge in [-0.05, 0) is 73.6 Å². The van der Waals surface area contributed by atoms with E-state index in [-0.39, 0.29) is 12.1 Å². The summed E-state index contributed by atoms with van der Waals surface area (Å²) in [4.78, 5) is 4.57. The molecule has 0 aromatic heterocycles. The molecule has 0 atom stereocenters. The number of guanidine groups is 1. The smallest absolute Gasteiger partial charge is 0.203 e. The summed E-state index contributed by atoms with van der Waals surface area (Å²) >= 11 is 0. The Balaban J connectivity index is 3.10. The van der Waals surface area contributed by atoms with Crippen LogP contribution in [0.2, 0.25) is 0 Å². The molecule has 0 aliphatic rings. The van der Waals surface area contributed by atoms with E-state index in [1.807, 2.05) is 0 Å². The lowest BCUT2D eigenvalue weighted by atomic mass is 9.88. The maximum Gasteiger partial charge on any atom is 0.203 e. The first kappa shape index (κ1) is 28.0.